The molecule has 1 aromatic rings. The summed E-state index contributed by atoms with van der Waals surface area (Å²) < 4.78 is 5.29. The first-order chi connectivity index (χ1) is 12.0. The monoisotopic (exact) mass is 346 g/mol. The first kappa shape index (κ1) is 19.3. The molecule has 1 saturated heterocycles. The van der Waals surface area contributed by atoms with Crippen LogP contribution < -0.4 is 5.32 Å². The molecule has 25 heavy (non-hydrogen) atoms. The smallest absolute Gasteiger partial charge is 0.408 e. The number of nitrogens with one attached hydrogen (secondary N) is 1. The maximum atomic E-state index is 12.9. The van der Waals surface area contributed by atoms with E-state index < -0.39 is 12.1 Å². The normalized spacial score (nSPS) is 19.8. The third-order valence-electron chi connectivity index (χ3n) is 4.93. The number of ether oxygens (including phenoxy) is 1. The lowest BCUT2D eigenvalue weighted by atomic mass is 9.95. The molecule has 0 bridgehead atoms. The minimum Gasteiger partial charge on any atom is -0.445 e. The highest BCUT2D eigenvalue weighted by atomic mass is 16.5. The number of nitrogens with zero attached hydrogens (tertiary/aromatic N) is 1. The fourth-order valence-electron chi connectivity index (χ4n) is 3.16. The van der Waals surface area contributed by atoms with Crippen molar-refractivity contribution in [3.05, 3.63) is 35.9 Å². The predicted octanol–water partition coefficient (Wildman–Crippen LogP) is 3.59. The van der Waals surface area contributed by atoms with Crippen LogP contribution in [0.15, 0.2) is 30.3 Å². The SMILES string of the molecule is CCC(C)C(NC(=O)OCc1ccccc1)C(=O)N1CCCC(C)C1. The van der Waals surface area contributed by atoms with Crippen LogP contribution in [-0.4, -0.2) is 36.0 Å². The minimum atomic E-state index is -0.535. The Bertz CT molecular complexity index is 561. The molecule has 1 aliphatic rings. The second-order valence-electron chi connectivity index (χ2n) is 7.10. The number of likely N-dealkylation sites (tertiary alicyclic amines) is 1. The third kappa shape index (κ3) is 5.76. The highest BCUT2D eigenvalue weighted by Gasteiger charge is 2.32. The highest BCUT2D eigenvalue weighted by Crippen LogP contribution is 2.19. The summed E-state index contributed by atoms with van der Waals surface area (Å²) in [5.74, 6) is 0.590. The summed E-state index contributed by atoms with van der Waals surface area (Å²) in [5, 5.41) is 2.80. The van der Waals surface area contributed by atoms with E-state index in [-0.39, 0.29) is 18.4 Å². The van der Waals surface area contributed by atoms with Crippen LogP contribution in [-0.2, 0) is 16.1 Å². The van der Waals surface area contributed by atoms with Crippen LogP contribution in [0.1, 0.15) is 45.6 Å². The quantitative estimate of drug-likeness (QED) is 0.856. The summed E-state index contributed by atoms with van der Waals surface area (Å²) in [7, 11) is 0. The standard InChI is InChI=1S/C20H30N2O3/c1-4-16(3)18(19(23)22-12-8-9-15(2)13-22)21-20(24)25-14-17-10-6-5-7-11-17/h5-7,10-11,15-16,18H,4,8-9,12-14H2,1-3H3,(H,21,24). The van der Waals surface area contributed by atoms with Crippen LogP contribution in [0.4, 0.5) is 4.79 Å². The zero-order chi connectivity index (χ0) is 18.2. The van der Waals surface area contributed by atoms with E-state index in [1.54, 1.807) is 0 Å². The van der Waals surface area contributed by atoms with Gasteiger partial charge >= 0.3 is 6.09 Å². The molecule has 5 nitrogen and oxygen atoms in total. The zero-order valence-electron chi connectivity index (χ0n) is 15.5. The number of hydrogen-bond donors (Lipinski definition) is 1. The minimum absolute atomic E-state index is 0.0116. The van der Waals surface area contributed by atoms with Gasteiger partial charge in [-0.05, 0) is 30.2 Å². The predicted molar refractivity (Wildman–Crippen MR) is 98.0 cm³/mol. The molecule has 1 fully saturated rings. The summed E-state index contributed by atoms with van der Waals surface area (Å²) in [5.41, 5.74) is 0.925. The van der Waals surface area contributed by atoms with Crippen molar-refractivity contribution >= 4 is 12.0 Å². The Morgan fingerprint density at radius 3 is 2.68 bits per heavy atom. The van der Waals surface area contributed by atoms with Gasteiger partial charge in [0.2, 0.25) is 5.91 Å². The molecule has 2 rings (SSSR count). The summed E-state index contributed by atoms with van der Waals surface area (Å²) in [6.07, 6.45) is 2.47. The lowest BCUT2D eigenvalue weighted by molar-refractivity contribution is -0.136. The van der Waals surface area contributed by atoms with Crippen molar-refractivity contribution in [1.29, 1.82) is 0 Å². The molecule has 1 aliphatic heterocycles. The molecule has 3 unspecified atom stereocenters. The van der Waals surface area contributed by atoms with Crippen molar-refractivity contribution in [1.82, 2.24) is 10.2 Å². The Balaban J connectivity index is 1.94. The van der Waals surface area contributed by atoms with Gasteiger partial charge in [0.1, 0.15) is 12.6 Å². The Kier molecular flexibility index (Phi) is 7.29. The fraction of sp³-hybridized carbons (Fsp3) is 0.600. The summed E-state index contributed by atoms with van der Waals surface area (Å²) in [4.78, 5) is 27.0. The van der Waals surface area contributed by atoms with Crippen molar-refractivity contribution in [2.75, 3.05) is 13.1 Å². The molecule has 0 aromatic heterocycles. The largest absolute Gasteiger partial charge is 0.445 e. The van der Waals surface area contributed by atoms with Gasteiger partial charge in [-0.2, -0.15) is 0 Å². The Hall–Kier alpha value is -2.04. The first-order valence-corrected chi connectivity index (χ1v) is 9.27. The van der Waals surface area contributed by atoms with Crippen molar-refractivity contribution < 1.29 is 14.3 Å². The number of carbonyl (C=O) groups is 2. The van der Waals surface area contributed by atoms with Gasteiger partial charge in [0.05, 0.1) is 0 Å². The molecule has 138 valence electrons. The van der Waals surface area contributed by atoms with Gasteiger partial charge in [0.25, 0.3) is 0 Å². The number of carbonyl (C=O) groups excluding carboxylic acids is 2. The average Bonchev–Trinajstić information content (AvgIpc) is 2.64. The van der Waals surface area contributed by atoms with E-state index in [9.17, 15) is 9.59 Å². The molecule has 1 aromatic carbocycles. The van der Waals surface area contributed by atoms with Gasteiger partial charge in [0, 0.05) is 13.1 Å². The van der Waals surface area contributed by atoms with Crippen LogP contribution in [0.2, 0.25) is 0 Å². The maximum absolute atomic E-state index is 12.9. The van der Waals surface area contributed by atoms with Gasteiger partial charge in [-0.3, -0.25) is 4.79 Å². The molecule has 2 amide bonds. The molecule has 1 heterocycles. The highest BCUT2D eigenvalue weighted by molar-refractivity contribution is 5.86. The molecule has 0 spiro atoms. The first-order valence-electron chi connectivity index (χ1n) is 9.27. The number of piperidine rings is 1. The van der Waals surface area contributed by atoms with Gasteiger partial charge in [-0.25, -0.2) is 4.79 Å². The van der Waals surface area contributed by atoms with Crippen molar-refractivity contribution in [3.63, 3.8) is 0 Å². The van der Waals surface area contributed by atoms with Gasteiger partial charge in [-0.1, -0.05) is 57.5 Å². The third-order valence-corrected chi connectivity index (χ3v) is 4.93. The van der Waals surface area contributed by atoms with Gasteiger partial charge in [0.15, 0.2) is 0 Å². The number of hydrogen-bond acceptors (Lipinski definition) is 3. The Morgan fingerprint density at radius 2 is 2.04 bits per heavy atom. The van der Waals surface area contributed by atoms with E-state index in [1.807, 2.05) is 49.1 Å². The van der Waals surface area contributed by atoms with E-state index in [0.29, 0.717) is 5.92 Å². The molecule has 0 radical (unpaired) electrons. The molecule has 1 N–H and O–H groups in total. The van der Waals surface area contributed by atoms with Crippen LogP contribution in [0, 0.1) is 11.8 Å². The van der Waals surface area contributed by atoms with Crippen LogP contribution in [0.25, 0.3) is 0 Å². The molecular weight excluding hydrogens is 316 g/mol. The number of rotatable bonds is 6. The molecule has 0 aliphatic carbocycles. The Morgan fingerprint density at radius 1 is 1.32 bits per heavy atom. The maximum Gasteiger partial charge on any atom is 0.408 e. The van der Waals surface area contributed by atoms with Crippen molar-refractivity contribution in [3.8, 4) is 0 Å². The van der Waals surface area contributed by atoms with Gasteiger partial charge in [-0.15, -0.1) is 0 Å². The lowest BCUT2D eigenvalue weighted by Gasteiger charge is -2.35. The number of benzene rings is 1. The lowest BCUT2D eigenvalue weighted by Crippen LogP contribution is -2.53. The second-order valence-corrected chi connectivity index (χ2v) is 7.10. The van der Waals surface area contributed by atoms with Crippen LogP contribution >= 0.6 is 0 Å². The molecular formula is C20H30N2O3. The second kappa shape index (κ2) is 9.44. The van der Waals surface area contributed by atoms with Gasteiger partial charge < -0.3 is 15.0 Å². The summed E-state index contributed by atoms with van der Waals surface area (Å²) in [6, 6.07) is 9.00. The van der Waals surface area contributed by atoms with Crippen molar-refractivity contribution in [2.45, 2.75) is 52.7 Å². The average molecular weight is 346 g/mol. The molecule has 0 saturated carbocycles. The van der Waals surface area contributed by atoms with E-state index in [0.717, 1.165) is 37.9 Å². The Labute approximate surface area is 150 Å². The summed E-state index contributed by atoms with van der Waals surface area (Å²) >= 11 is 0. The van der Waals surface area contributed by atoms with E-state index >= 15 is 0 Å². The molecule has 3 atom stereocenters. The van der Waals surface area contributed by atoms with Crippen molar-refractivity contribution in [2.24, 2.45) is 11.8 Å². The van der Waals surface area contributed by atoms with E-state index in [1.165, 1.54) is 0 Å². The van der Waals surface area contributed by atoms with E-state index in [4.69, 9.17) is 4.74 Å². The molecule has 5 heteroatoms. The topological polar surface area (TPSA) is 58.6 Å². The number of amides is 2. The van der Waals surface area contributed by atoms with Crippen LogP contribution in [0.3, 0.4) is 0 Å². The fourth-order valence-corrected chi connectivity index (χ4v) is 3.16. The zero-order valence-corrected chi connectivity index (χ0v) is 15.5. The van der Waals surface area contributed by atoms with Crippen LogP contribution in [0.5, 0.6) is 0 Å². The van der Waals surface area contributed by atoms with E-state index in [2.05, 4.69) is 12.2 Å². The number of alkyl carbamates (subject to hydrolysis) is 1. The summed E-state index contributed by atoms with van der Waals surface area (Å²) in [6.45, 7) is 7.94.